The quantitative estimate of drug-likeness (QED) is 0.686. The Morgan fingerprint density at radius 2 is 1.85 bits per heavy atom. The number of rotatable bonds is 2. The Morgan fingerprint density at radius 3 is 2.38 bits per heavy atom. The minimum absolute atomic E-state index is 0.811. The van der Waals surface area contributed by atoms with E-state index in [9.17, 15) is 0 Å². The number of nitrogens with two attached hydrogens (primary N) is 1. The van der Waals surface area contributed by atoms with E-state index < -0.39 is 0 Å². The summed E-state index contributed by atoms with van der Waals surface area (Å²) >= 11 is 0. The maximum atomic E-state index is 5.64. The van der Waals surface area contributed by atoms with E-state index in [-0.39, 0.29) is 0 Å². The molecular formula is C12H17N. The highest BCUT2D eigenvalue weighted by atomic mass is 14.5. The highest BCUT2D eigenvalue weighted by Crippen LogP contribution is 2.43. The van der Waals surface area contributed by atoms with Crippen molar-refractivity contribution in [1.82, 2.24) is 0 Å². The summed E-state index contributed by atoms with van der Waals surface area (Å²) < 4.78 is 0. The maximum absolute atomic E-state index is 5.64. The van der Waals surface area contributed by atoms with Crippen LogP contribution in [0.25, 0.3) is 0 Å². The van der Waals surface area contributed by atoms with Crippen molar-refractivity contribution in [2.45, 2.75) is 32.1 Å². The Hall–Kier alpha value is -0.980. The maximum Gasteiger partial charge on any atom is 0.0314 e. The molecule has 0 aromatic heterocycles. The Labute approximate surface area is 80.0 Å². The Morgan fingerprint density at radius 1 is 1.23 bits per heavy atom. The van der Waals surface area contributed by atoms with E-state index in [1.54, 1.807) is 0 Å². The molecule has 0 amide bonds. The molecular weight excluding hydrogens is 158 g/mol. The topological polar surface area (TPSA) is 26.0 Å². The van der Waals surface area contributed by atoms with E-state index in [1.807, 2.05) is 12.1 Å². The summed E-state index contributed by atoms with van der Waals surface area (Å²) in [7, 11) is 0. The van der Waals surface area contributed by atoms with Gasteiger partial charge in [-0.15, -0.1) is 0 Å². The molecule has 0 unspecified atom stereocenters. The van der Waals surface area contributed by atoms with Crippen molar-refractivity contribution in [3.05, 3.63) is 29.8 Å². The van der Waals surface area contributed by atoms with Gasteiger partial charge < -0.3 is 5.73 Å². The van der Waals surface area contributed by atoms with Crippen LogP contribution in [0, 0.1) is 5.92 Å². The monoisotopic (exact) mass is 175 g/mol. The van der Waals surface area contributed by atoms with Gasteiger partial charge >= 0.3 is 0 Å². The molecule has 0 bridgehead atoms. The highest BCUT2D eigenvalue weighted by molar-refractivity contribution is 5.40. The van der Waals surface area contributed by atoms with Crippen molar-refractivity contribution in [2.75, 3.05) is 5.73 Å². The zero-order chi connectivity index (χ0) is 9.26. The highest BCUT2D eigenvalue weighted by Gasteiger charge is 2.28. The van der Waals surface area contributed by atoms with Crippen molar-refractivity contribution < 1.29 is 0 Å². The van der Waals surface area contributed by atoms with E-state index in [1.165, 1.54) is 24.8 Å². The molecule has 0 spiro atoms. The van der Waals surface area contributed by atoms with Gasteiger partial charge in [0, 0.05) is 5.69 Å². The van der Waals surface area contributed by atoms with Crippen molar-refractivity contribution in [1.29, 1.82) is 0 Å². The lowest BCUT2D eigenvalue weighted by Gasteiger charge is -2.35. The number of anilines is 1. The average Bonchev–Trinajstić information content (AvgIpc) is 2.06. The zero-order valence-electron chi connectivity index (χ0n) is 8.16. The molecule has 0 aliphatic heterocycles. The molecule has 1 aliphatic carbocycles. The molecule has 1 aromatic carbocycles. The van der Waals surface area contributed by atoms with Crippen LogP contribution < -0.4 is 5.73 Å². The first-order chi connectivity index (χ1) is 6.29. The molecule has 2 N–H and O–H groups in total. The van der Waals surface area contributed by atoms with Gasteiger partial charge in [0.25, 0.3) is 0 Å². The molecule has 1 heteroatoms. The summed E-state index contributed by atoms with van der Waals surface area (Å²) in [4.78, 5) is 0. The number of hydrogen-bond acceptors (Lipinski definition) is 1. The summed E-state index contributed by atoms with van der Waals surface area (Å²) in [5.74, 6) is 1.79. The molecule has 2 rings (SSSR count). The van der Waals surface area contributed by atoms with Crippen molar-refractivity contribution in [3.63, 3.8) is 0 Å². The van der Waals surface area contributed by atoms with Crippen LogP contribution in [0.4, 0.5) is 5.69 Å². The standard InChI is InChI=1S/C12H17N/c1-2-9-7-11(8-9)10-3-5-12(13)6-4-10/h3-6,9,11H,2,7-8,13H2,1H3. The first-order valence-corrected chi connectivity index (χ1v) is 5.15. The van der Waals surface area contributed by atoms with Crippen molar-refractivity contribution in [2.24, 2.45) is 5.92 Å². The van der Waals surface area contributed by atoms with Crippen LogP contribution in [-0.2, 0) is 0 Å². The largest absolute Gasteiger partial charge is 0.399 e. The molecule has 70 valence electrons. The SMILES string of the molecule is CCC1CC(c2ccc(N)cc2)C1. The lowest BCUT2D eigenvalue weighted by Crippen LogP contribution is -2.20. The lowest BCUT2D eigenvalue weighted by atomic mass is 9.70. The smallest absolute Gasteiger partial charge is 0.0314 e. The predicted molar refractivity (Wildman–Crippen MR) is 56.6 cm³/mol. The average molecular weight is 175 g/mol. The second kappa shape index (κ2) is 3.41. The summed E-state index contributed by atoms with van der Waals surface area (Å²) in [5.41, 5.74) is 7.98. The van der Waals surface area contributed by atoms with E-state index in [2.05, 4.69) is 19.1 Å². The number of benzene rings is 1. The van der Waals surface area contributed by atoms with Crippen LogP contribution in [0.1, 0.15) is 37.7 Å². The van der Waals surface area contributed by atoms with Crippen molar-refractivity contribution >= 4 is 5.69 Å². The molecule has 1 aromatic rings. The molecule has 0 radical (unpaired) electrons. The third kappa shape index (κ3) is 1.69. The van der Waals surface area contributed by atoms with Crippen LogP contribution in [0.2, 0.25) is 0 Å². The van der Waals surface area contributed by atoms with Crippen LogP contribution in [-0.4, -0.2) is 0 Å². The van der Waals surface area contributed by atoms with Crippen LogP contribution >= 0.6 is 0 Å². The minimum atomic E-state index is 0.811. The molecule has 0 heterocycles. The van der Waals surface area contributed by atoms with Crippen LogP contribution in [0.3, 0.4) is 0 Å². The summed E-state index contributed by atoms with van der Waals surface area (Å²) in [6.07, 6.45) is 4.09. The van der Waals surface area contributed by atoms with E-state index in [0.29, 0.717) is 0 Å². The number of nitrogen functional groups attached to an aromatic ring is 1. The first-order valence-electron chi connectivity index (χ1n) is 5.15. The fourth-order valence-corrected chi connectivity index (χ4v) is 2.11. The Balaban J connectivity index is 1.99. The summed E-state index contributed by atoms with van der Waals surface area (Å²) in [6.45, 7) is 2.28. The summed E-state index contributed by atoms with van der Waals surface area (Å²) in [5, 5.41) is 0. The van der Waals surface area contributed by atoms with E-state index >= 15 is 0 Å². The van der Waals surface area contributed by atoms with Crippen LogP contribution in [0.15, 0.2) is 24.3 Å². The summed E-state index contributed by atoms with van der Waals surface area (Å²) in [6, 6.07) is 8.36. The van der Waals surface area contributed by atoms with E-state index in [4.69, 9.17) is 5.73 Å². The lowest BCUT2D eigenvalue weighted by molar-refractivity contribution is 0.256. The normalized spacial score (nSPS) is 26.8. The first kappa shape index (κ1) is 8.61. The van der Waals surface area contributed by atoms with Gasteiger partial charge in [0.2, 0.25) is 0 Å². The molecule has 1 fully saturated rings. The molecule has 1 aliphatic rings. The van der Waals surface area contributed by atoms with Crippen molar-refractivity contribution in [3.8, 4) is 0 Å². The van der Waals surface area contributed by atoms with Gasteiger partial charge in [-0.2, -0.15) is 0 Å². The van der Waals surface area contributed by atoms with Gasteiger partial charge in [-0.3, -0.25) is 0 Å². The van der Waals surface area contributed by atoms with Crippen LogP contribution in [0.5, 0.6) is 0 Å². The third-order valence-electron chi connectivity index (χ3n) is 3.22. The van der Waals surface area contributed by atoms with Gasteiger partial charge in [-0.25, -0.2) is 0 Å². The Kier molecular flexibility index (Phi) is 2.26. The predicted octanol–water partition coefficient (Wildman–Crippen LogP) is 3.17. The van der Waals surface area contributed by atoms with Gasteiger partial charge in [0.05, 0.1) is 0 Å². The molecule has 0 atom stereocenters. The van der Waals surface area contributed by atoms with Gasteiger partial charge in [0.15, 0.2) is 0 Å². The Bertz CT molecular complexity index is 270. The van der Waals surface area contributed by atoms with E-state index in [0.717, 1.165) is 17.5 Å². The molecule has 1 nitrogen and oxygen atoms in total. The second-order valence-electron chi connectivity index (χ2n) is 4.11. The third-order valence-corrected chi connectivity index (χ3v) is 3.22. The zero-order valence-corrected chi connectivity index (χ0v) is 8.16. The minimum Gasteiger partial charge on any atom is -0.399 e. The van der Waals surface area contributed by atoms with Gasteiger partial charge in [-0.1, -0.05) is 25.5 Å². The number of hydrogen-bond donors (Lipinski definition) is 1. The second-order valence-corrected chi connectivity index (χ2v) is 4.11. The fraction of sp³-hybridized carbons (Fsp3) is 0.500. The van der Waals surface area contributed by atoms with Gasteiger partial charge in [-0.05, 0) is 42.4 Å². The molecule has 0 saturated heterocycles. The molecule has 1 saturated carbocycles. The van der Waals surface area contributed by atoms with Gasteiger partial charge in [0.1, 0.15) is 0 Å². The fourth-order valence-electron chi connectivity index (χ4n) is 2.11. The molecule has 13 heavy (non-hydrogen) atoms.